The first-order valence-corrected chi connectivity index (χ1v) is 6.27. The Hall–Kier alpha value is -0.930. The van der Waals surface area contributed by atoms with Gasteiger partial charge in [-0.3, -0.25) is 0 Å². The summed E-state index contributed by atoms with van der Waals surface area (Å²) < 4.78 is 13.4. The maximum Gasteiger partial charge on any atom is 0.126 e. The molecule has 0 unspecified atom stereocenters. The summed E-state index contributed by atoms with van der Waals surface area (Å²) in [7, 11) is 2.09. The maximum atomic E-state index is 13.4. The smallest absolute Gasteiger partial charge is 0.126 e. The molecule has 1 aliphatic carbocycles. The van der Waals surface area contributed by atoms with Crippen molar-refractivity contribution in [3.8, 4) is 0 Å². The number of hydrogen-bond acceptors (Lipinski definition) is 2. The van der Waals surface area contributed by atoms with Crippen LogP contribution < -0.4 is 5.73 Å². The number of nitrogens with zero attached hydrogens (tertiary/aromatic N) is 1. The topological polar surface area (TPSA) is 29.3 Å². The zero-order chi connectivity index (χ0) is 12.3. The van der Waals surface area contributed by atoms with Crippen molar-refractivity contribution in [1.29, 1.82) is 0 Å². The second-order valence-corrected chi connectivity index (χ2v) is 5.28. The molecule has 0 atom stereocenters. The average Bonchev–Trinajstić information content (AvgIpc) is 3.08. The Kier molecular flexibility index (Phi) is 3.79. The molecule has 0 saturated heterocycles. The van der Waals surface area contributed by atoms with Crippen molar-refractivity contribution in [3.05, 3.63) is 35.6 Å². The number of likely N-dealkylation sites (N-methyl/N-ethyl adjacent to an activating group) is 1. The van der Waals surface area contributed by atoms with Crippen LogP contribution in [0.2, 0.25) is 0 Å². The lowest BCUT2D eigenvalue weighted by Crippen LogP contribution is -2.32. The van der Waals surface area contributed by atoms with Gasteiger partial charge in [-0.05, 0) is 49.9 Å². The molecule has 1 aromatic rings. The molecule has 0 amide bonds. The Labute approximate surface area is 103 Å². The molecule has 0 heterocycles. The molecular weight excluding hydrogens is 215 g/mol. The van der Waals surface area contributed by atoms with Gasteiger partial charge < -0.3 is 10.6 Å². The number of benzene rings is 1. The second kappa shape index (κ2) is 5.15. The molecule has 94 valence electrons. The first-order chi connectivity index (χ1) is 8.15. The van der Waals surface area contributed by atoms with E-state index in [1.807, 2.05) is 12.1 Å². The van der Waals surface area contributed by atoms with Crippen LogP contribution in [-0.2, 0) is 6.42 Å². The van der Waals surface area contributed by atoms with Gasteiger partial charge in [-0.2, -0.15) is 0 Å². The highest BCUT2D eigenvalue weighted by Crippen LogP contribution is 2.44. The molecule has 1 aromatic carbocycles. The summed E-state index contributed by atoms with van der Waals surface area (Å²) >= 11 is 0. The summed E-state index contributed by atoms with van der Waals surface area (Å²) in [6, 6.07) is 7.01. The van der Waals surface area contributed by atoms with Gasteiger partial charge in [0.25, 0.3) is 0 Å². The van der Waals surface area contributed by atoms with E-state index >= 15 is 0 Å². The van der Waals surface area contributed by atoms with Crippen molar-refractivity contribution in [2.24, 2.45) is 11.1 Å². The van der Waals surface area contributed by atoms with Gasteiger partial charge in [0.1, 0.15) is 5.82 Å². The van der Waals surface area contributed by atoms with Crippen LogP contribution in [0.3, 0.4) is 0 Å². The summed E-state index contributed by atoms with van der Waals surface area (Å²) in [6.07, 6.45) is 3.25. The minimum Gasteiger partial charge on any atom is -0.330 e. The fourth-order valence-corrected chi connectivity index (χ4v) is 2.27. The Balaban J connectivity index is 1.80. The summed E-state index contributed by atoms with van der Waals surface area (Å²) in [4.78, 5) is 2.27. The van der Waals surface area contributed by atoms with E-state index in [2.05, 4.69) is 11.9 Å². The van der Waals surface area contributed by atoms with Crippen molar-refractivity contribution in [2.45, 2.75) is 19.3 Å². The largest absolute Gasteiger partial charge is 0.330 e. The maximum absolute atomic E-state index is 13.4. The molecule has 0 bridgehead atoms. The van der Waals surface area contributed by atoms with Crippen molar-refractivity contribution in [2.75, 3.05) is 26.7 Å². The third-order valence-electron chi connectivity index (χ3n) is 3.72. The number of rotatable bonds is 6. The van der Waals surface area contributed by atoms with E-state index in [9.17, 15) is 4.39 Å². The highest BCUT2D eigenvalue weighted by Gasteiger charge is 2.41. The van der Waals surface area contributed by atoms with Crippen LogP contribution in [0.1, 0.15) is 18.4 Å². The normalized spacial score (nSPS) is 17.4. The predicted octanol–water partition coefficient (Wildman–Crippen LogP) is 2.04. The van der Waals surface area contributed by atoms with E-state index in [-0.39, 0.29) is 5.82 Å². The van der Waals surface area contributed by atoms with Gasteiger partial charge >= 0.3 is 0 Å². The van der Waals surface area contributed by atoms with E-state index in [0.717, 1.165) is 31.6 Å². The first kappa shape index (κ1) is 12.5. The van der Waals surface area contributed by atoms with Crippen LogP contribution >= 0.6 is 0 Å². The van der Waals surface area contributed by atoms with Crippen LogP contribution in [0.15, 0.2) is 24.3 Å². The Morgan fingerprint density at radius 3 is 2.65 bits per heavy atom. The van der Waals surface area contributed by atoms with Crippen LogP contribution in [0.5, 0.6) is 0 Å². The highest BCUT2D eigenvalue weighted by atomic mass is 19.1. The van der Waals surface area contributed by atoms with Gasteiger partial charge in [0.2, 0.25) is 0 Å². The lowest BCUT2D eigenvalue weighted by Gasteiger charge is -2.22. The lowest BCUT2D eigenvalue weighted by molar-refractivity contribution is 0.268. The van der Waals surface area contributed by atoms with Gasteiger partial charge in [0.05, 0.1) is 0 Å². The highest BCUT2D eigenvalue weighted by molar-refractivity contribution is 5.17. The van der Waals surface area contributed by atoms with Gasteiger partial charge in [-0.25, -0.2) is 4.39 Å². The van der Waals surface area contributed by atoms with Gasteiger partial charge in [-0.15, -0.1) is 0 Å². The molecule has 1 saturated carbocycles. The number of hydrogen-bond donors (Lipinski definition) is 1. The lowest BCUT2D eigenvalue weighted by atomic mass is 10.1. The molecular formula is C14H21FN2. The SMILES string of the molecule is CN(CCc1ccccc1F)CC1(CN)CC1. The van der Waals surface area contributed by atoms with Gasteiger partial charge in [-0.1, -0.05) is 18.2 Å². The van der Waals surface area contributed by atoms with Gasteiger partial charge in [0.15, 0.2) is 0 Å². The molecule has 1 aliphatic rings. The van der Waals surface area contributed by atoms with Crippen molar-refractivity contribution < 1.29 is 4.39 Å². The molecule has 17 heavy (non-hydrogen) atoms. The van der Waals surface area contributed by atoms with Crippen molar-refractivity contribution >= 4 is 0 Å². The first-order valence-electron chi connectivity index (χ1n) is 6.27. The zero-order valence-corrected chi connectivity index (χ0v) is 10.5. The monoisotopic (exact) mass is 236 g/mol. The molecule has 0 aromatic heterocycles. The minimum atomic E-state index is -0.0964. The third-order valence-corrected chi connectivity index (χ3v) is 3.72. The summed E-state index contributed by atoms with van der Waals surface area (Å²) in [5.41, 5.74) is 6.93. The van der Waals surface area contributed by atoms with E-state index in [4.69, 9.17) is 5.73 Å². The van der Waals surface area contributed by atoms with Gasteiger partial charge in [0, 0.05) is 13.1 Å². The summed E-state index contributed by atoms with van der Waals surface area (Å²) in [5, 5.41) is 0. The number of nitrogens with two attached hydrogens (primary N) is 1. The van der Waals surface area contributed by atoms with Crippen LogP contribution in [-0.4, -0.2) is 31.6 Å². The summed E-state index contributed by atoms with van der Waals surface area (Å²) in [6.45, 7) is 2.71. The Bertz CT molecular complexity index is 374. The molecule has 3 heteroatoms. The molecule has 2 N–H and O–H groups in total. The van der Waals surface area contributed by atoms with E-state index in [0.29, 0.717) is 5.41 Å². The molecule has 2 rings (SSSR count). The Morgan fingerprint density at radius 1 is 1.35 bits per heavy atom. The molecule has 0 aliphatic heterocycles. The fourth-order valence-electron chi connectivity index (χ4n) is 2.27. The van der Waals surface area contributed by atoms with Crippen LogP contribution in [0, 0.1) is 11.2 Å². The molecule has 1 fully saturated rings. The zero-order valence-electron chi connectivity index (χ0n) is 10.5. The fraction of sp³-hybridized carbons (Fsp3) is 0.571. The standard InChI is InChI=1S/C14H21FN2/c1-17(11-14(10-16)7-8-14)9-6-12-4-2-3-5-13(12)15/h2-5H,6-11,16H2,1H3. The number of halogens is 1. The molecule has 0 spiro atoms. The molecule has 2 nitrogen and oxygen atoms in total. The molecule has 0 radical (unpaired) electrons. The second-order valence-electron chi connectivity index (χ2n) is 5.28. The average molecular weight is 236 g/mol. The Morgan fingerprint density at radius 2 is 2.06 bits per heavy atom. The van der Waals surface area contributed by atoms with E-state index < -0.39 is 0 Å². The van der Waals surface area contributed by atoms with E-state index in [1.54, 1.807) is 6.07 Å². The van der Waals surface area contributed by atoms with Crippen LogP contribution in [0.25, 0.3) is 0 Å². The minimum absolute atomic E-state index is 0.0964. The quantitative estimate of drug-likeness (QED) is 0.819. The van der Waals surface area contributed by atoms with E-state index in [1.165, 1.54) is 18.9 Å². The third kappa shape index (κ3) is 3.27. The van der Waals surface area contributed by atoms with Crippen molar-refractivity contribution in [1.82, 2.24) is 4.90 Å². The van der Waals surface area contributed by atoms with Crippen molar-refractivity contribution in [3.63, 3.8) is 0 Å². The predicted molar refractivity (Wildman–Crippen MR) is 68.3 cm³/mol. The van der Waals surface area contributed by atoms with Crippen LogP contribution in [0.4, 0.5) is 4.39 Å². The summed E-state index contributed by atoms with van der Waals surface area (Å²) in [5.74, 6) is -0.0964.